The Bertz CT molecular complexity index is 671. The van der Waals surface area contributed by atoms with Crippen LogP contribution < -0.4 is 10.5 Å². The highest BCUT2D eigenvalue weighted by molar-refractivity contribution is 6.42. The summed E-state index contributed by atoms with van der Waals surface area (Å²) >= 11 is 11.9. The molecule has 0 bridgehead atoms. The first kappa shape index (κ1) is 16.6. The summed E-state index contributed by atoms with van der Waals surface area (Å²) in [5.41, 5.74) is 7.63. The predicted molar refractivity (Wildman–Crippen MR) is 93.0 cm³/mol. The molecule has 3 N–H and O–H groups in total. The van der Waals surface area contributed by atoms with Gasteiger partial charge in [0.05, 0.1) is 28.8 Å². The van der Waals surface area contributed by atoms with Crippen LogP contribution in [0.25, 0.3) is 0 Å². The van der Waals surface area contributed by atoms with Crippen molar-refractivity contribution < 1.29 is 9.84 Å². The number of hydrogen-bond acceptors (Lipinski definition) is 3. The summed E-state index contributed by atoms with van der Waals surface area (Å²) in [4.78, 5) is 0. The molecule has 0 aliphatic heterocycles. The highest BCUT2D eigenvalue weighted by Crippen LogP contribution is 2.32. The van der Waals surface area contributed by atoms with Crippen LogP contribution >= 0.6 is 23.2 Å². The molecule has 0 spiro atoms. The number of hydrogen-bond donors (Lipinski definition) is 2. The Labute approximate surface area is 146 Å². The van der Waals surface area contributed by atoms with E-state index in [0.29, 0.717) is 16.0 Å². The van der Waals surface area contributed by atoms with E-state index in [9.17, 15) is 5.11 Å². The molecule has 2 aromatic carbocycles. The molecule has 5 heteroatoms. The fraction of sp³-hybridized carbons (Fsp3) is 0.333. The van der Waals surface area contributed by atoms with Gasteiger partial charge in [0.1, 0.15) is 5.75 Å². The second-order valence-corrected chi connectivity index (χ2v) is 6.78. The number of aliphatic hydroxyl groups is 1. The Morgan fingerprint density at radius 3 is 2.30 bits per heavy atom. The summed E-state index contributed by atoms with van der Waals surface area (Å²) in [7, 11) is 0. The maximum Gasteiger partial charge on any atom is 0.119 e. The van der Waals surface area contributed by atoms with Crippen LogP contribution in [-0.2, 0) is 0 Å². The van der Waals surface area contributed by atoms with Crippen LogP contribution in [0, 0.1) is 5.92 Å². The van der Waals surface area contributed by atoms with E-state index >= 15 is 0 Å². The number of halogens is 2. The quantitative estimate of drug-likeness (QED) is 0.804. The van der Waals surface area contributed by atoms with Gasteiger partial charge in [0.2, 0.25) is 0 Å². The first-order chi connectivity index (χ1) is 11.0. The zero-order chi connectivity index (χ0) is 16.4. The summed E-state index contributed by atoms with van der Waals surface area (Å²) in [6.07, 6.45) is 1.69. The van der Waals surface area contributed by atoms with Crippen molar-refractivity contribution in [2.45, 2.75) is 25.0 Å². The first-order valence-electron chi connectivity index (χ1n) is 7.66. The number of aliphatic hydroxyl groups excluding tert-OH is 1. The normalized spacial score (nSPS) is 16.9. The molecule has 1 fully saturated rings. The molecular formula is C18H19Cl2NO2. The SMILES string of the molecule is N[C@@H](c1ccc(Cl)c(Cl)c1)[C@H](O)c1ccc(OCC2CC2)cc1. The highest BCUT2D eigenvalue weighted by atomic mass is 35.5. The van der Waals surface area contributed by atoms with Crippen molar-refractivity contribution in [3.8, 4) is 5.75 Å². The standard InChI is InChI=1S/C18H19Cl2NO2/c19-15-8-5-13(9-16(15)20)17(21)18(22)12-3-6-14(7-4-12)23-10-11-1-2-11/h3-9,11,17-18,22H,1-2,10,21H2/t17-,18+/m0/s1. The van der Waals surface area contributed by atoms with Gasteiger partial charge in [-0.1, -0.05) is 41.4 Å². The van der Waals surface area contributed by atoms with Crippen molar-refractivity contribution >= 4 is 23.2 Å². The Morgan fingerprint density at radius 2 is 1.70 bits per heavy atom. The fourth-order valence-electron chi connectivity index (χ4n) is 2.37. The van der Waals surface area contributed by atoms with E-state index in [1.54, 1.807) is 18.2 Å². The lowest BCUT2D eigenvalue weighted by atomic mass is 9.96. The maximum absolute atomic E-state index is 10.5. The third-order valence-electron chi connectivity index (χ3n) is 4.07. The molecule has 0 unspecified atom stereocenters. The van der Waals surface area contributed by atoms with Crippen LogP contribution in [0.2, 0.25) is 10.0 Å². The number of benzene rings is 2. The first-order valence-corrected chi connectivity index (χ1v) is 8.41. The van der Waals surface area contributed by atoms with Gasteiger partial charge in [0.25, 0.3) is 0 Å². The molecular weight excluding hydrogens is 333 g/mol. The van der Waals surface area contributed by atoms with Gasteiger partial charge in [-0.3, -0.25) is 0 Å². The minimum absolute atomic E-state index is 0.427. The molecule has 122 valence electrons. The fourth-order valence-corrected chi connectivity index (χ4v) is 2.68. The topological polar surface area (TPSA) is 55.5 Å². The van der Waals surface area contributed by atoms with Gasteiger partial charge < -0.3 is 15.6 Å². The summed E-state index contributed by atoms with van der Waals surface area (Å²) in [5.74, 6) is 1.53. The zero-order valence-corrected chi connectivity index (χ0v) is 14.1. The van der Waals surface area contributed by atoms with Crippen molar-refractivity contribution in [3.05, 3.63) is 63.6 Å². The Balaban J connectivity index is 1.67. The van der Waals surface area contributed by atoms with Crippen molar-refractivity contribution in [2.24, 2.45) is 11.7 Å². The van der Waals surface area contributed by atoms with Crippen LogP contribution in [0.4, 0.5) is 0 Å². The largest absolute Gasteiger partial charge is 0.493 e. The molecule has 0 heterocycles. The zero-order valence-electron chi connectivity index (χ0n) is 12.6. The Morgan fingerprint density at radius 1 is 1.04 bits per heavy atom. The van der Waals surface area contributed by atoms with Crippen molar-refractivity contribution in [2.75, 3.05) is 6.61 Å². The van der Waals surface area contributed by atoms with Crippen molar-refractivity contribution in [3.63, 3.8) is 0 Å². The summed E-state index contributed by atoms with van der Waals surface area (Å²) in [6.45, 7) is 0.769. The second kappa shape index (κ2) is 7.10. The number of nitrogens with two attached hydrogens (primary N) is 1. The van der Waals surface area contributed by atoms with Crippen LogP contribution in [-0.4, -0.2) is 11.7 Å². The molecule has 23 heavy (non-hydrogen) atoms. The lowest BCUT2D eigenvalue weighted by Crippen LogP contribution is -2.19. The molecule has 3 rings (SSSR count). The van der Waals surface area contributed by atoms with E-state index in [2.05, 4.69) is 0 Å². The van der Waals surface area contributed by atoms with Crippen LogP contribution in [0.1, 0.15) is 36.1 Å². The van der Waals surface area contributed by atoms with Crippen molar-refractivity contribution in [1.29, 1.82) is 0 Å². The summed E-state index contributed by atoms with van der Waals surface area (Å²) in [6, 6.07) is 12.0. The lowest BCUT2D eigenvalue weighted by Gasteiger charge is -2.20. The smallest absolute Gasteiger partial charge is 0.119 e. The molecule has 2 aromatic rings. The predicted octanol–water partition coefficient (Wildman–Crippen LogP) is 4.52. The molecule has 0 radical (unpaired) electrons. The van der Waals surface area contributed by atoms with E-state index in [0.717, 1.165) is 23.5 Å². The van der Waals surface area contributed by atoms with Gasteiger partial charge in [-0.25, -0.2) is 0 Å². The average molecular weight is 352 g/mol. The molecule has 1 aliphatic rings. The van der Waals surface area contributed by atoms with Crippen LogP contribution in [0.15, 0.2) is 42.5 Å². The van der Waals surface area contributed by atoms with Crippen molar-refractivity contribution in [1.82, 2.24) is 0 Å². The molecule has 1 aliphatic carbocycles. The monoisotopic (exact) mass is 351 g/mol. The van der Waals surface area contributed by atoms with E-state index in [-0.39, 0.29) is 0 Å². The molecule has 2 atom stereocenters. The third-order valence-corrected chi connectivity index (χ3v) is 4.81. The van der Waals surface area contributed by atoms with Crippen LogP contribution in [0.3, 0.4) is 0 Å². The average Bonchev–Trinajstić information content (AvgIpc) is 3.39. The van der Waals surface area contributed by atoms with E-state index in [1.807, 2.05) is 24.3 Å². The van der Waals surface area contributed by atoms with Gasteiger partial charge in [0, 0.05) is 0 Å². The number of ether oxygens (including phenoxy) is 1. The van der Waals surface area contributed by atoms with Gasteiger partial charge in [0.15, 0.2) is 0 Å². The molecule has 3 nitrogen and oxygen atoms in total. The lowest BCUT2D eigenvalue weighted by molar-refractivity contribution is 0.147. The summed E-state index contributed by atoms with van der Waals surface area (Å²) < 4.78 is 5.69. The minimum atomic E-state index is -0.829. The molecule has 0 saturated heterocycles. The van der Waals surface area contributed by atoms with Gasteiger partial charge in [-0.05, 0) is 54.2 Å². The minimum Gasteiger partial charge on any atom is -0.493 e. The van der Waals surface area contributed by atoms with Crippen LogP contribution in [0.5, 0.6) is 5.75 Å². The van der Waals surface area contributed by atoms with Gasteiger partial charge >= 0.3 is 0 Å². The summed E-state index contributed by atoms with van der Waals surface area (Å²) in [5, 5.41) is 11.4. The molecule has 0 amide bonds. The van der Waals surface area contributed by atoms with Gasteiger partial charge in [-0.2, -0.15) is 0 Å². The van der Waals surface area contributed by atoms with E-state index in [1.165, 1.54) is 12.8 Å². The van der Waals surface area contributed by atoms with E-state index < -0.39 is 12.1 Å². The molecule has 0 aromatic heterocycles. The maximum atomic E-state index is 10.5. The highest BCUT2D eigenvalue weighted by Gasteiger charge is 2.22. The second-order valence-electron chi connectivity index (χ2n) is 5.97. The van der Waals surface area contributed by atoms with E-state index in [4.69, 9.17) is 33.7 Å². The number of rotatable bonds is 6. The third kappa shape index (κ3) is 4.18. The molecule has 1 saturated carbocycles. The Hall–Kier alpha value is -1.26. The van der Waals surface area contributed by atoms with Gasteiger partial charge in [-0.15, -0.1) is 0 Å². The Kier molecular flexibility index (Phi) is 5.12.